The van der Waals surface area contributed by atoms with E-state index < -0.39 is 11.0 Å². The number of nitrogens with one attached hydrogen (secondary N) is 1. The van der Waals surface area contributed by atoms with Crippen molar-refractivity contribution in [1.82, 2.24) is 4.98 Å². The molecule has 7 heteroatoms. The Labute approximate surface area is 113 Å². The topological polar surface area (TPSA) is 88.3 Å². The van der Waals surface area contributed by atoms with Crippen LogP contribution in [0, 0.1) is 17.0 Å². The van der Waals surface area contributed by atoms with Gasteiger partial charge in [0, 0.05) is 12.6 Å². The maximum atomic E-state index is 10.7. The highest BCUT2D eigenvalue weighted by Gasteiger charge is 2.12. The number of hydrogen-bond donors (Lipinski definition) is 2. The molecule has 0 radical (unpaired) electrons. The molecule has 0 saturated heterocycles. The van der Waals surface area contributed by atoms with Gasteiger partial charge in [0.05, 0.1) is 11.0 Å². The highest BCUT2D eigenvalue weighted by molar-refractivity contribution is 7.07. The lowest BCUT2D eigenvalue weighted by atomic mass is 10.2. The normalized spacial score (nSPS) is 12.1. The van der Waals surface area contributed by atoms with Crippen LogP contribution in [0.25, 0.3) is 0 Å². The van der Waals surface area contributed by atoms with E-state index in [4.69, 9.17) is 0 Å². The maximum absolute atomic E-state index is 10.7. The Morgan fingerprint density at radius 2 is 2.32 bits per heavy atom. The number of hydrogen-bond acceptors (Lipinski definition) is 6. The van der Waals surface area contributed by atoms with Crippen molar-refractivity contribution < 1.29 is 10.0 Å². The Morgan fingerprint density at radius 1 is 1.53 bits per heavy atom. The zero-order valence-electron chi connectivity index (χ0n) is 10.2. The van der Waals surface area contributed by atoms with Gasteiger partial charge in [-0.1, -0.05) is 0 Å². The Bertz CT molecular complexity index is 572. The lowest BCUT2D eigenvalue weighted by molar-refractivity contribution is -0.385. The fraction of sp³-hybridized carbons (Fsp3) is 0.250. The number of thiophene rings is 1. The van der Waals surface area contributed by atoms with Crippen molar-refractivity contribution in [2.75, 3.05) is 11.9 Å². The number of pyridine rings is 1. The molecule has 0 aliphatic heterocycles. The lowest BCUT2D eigenvalue weighted by Gasteiger charge is -2.11. The van der Waals surface area contributed by atoms with Gasteiger partial charge in [0.1, 0.15) is 11.5 Å². The SMILES string of the molecule is Cc1nc(NCC(O)c2ccsc2)ccc1[N+](=O)[O-]. The number of aryl methyl sites for hydroxylation is 1. The molecule has 0 saturated carbocycles. The van der Waals surface area contributed by atoms with Crippen molar-refractivity contribution in [3.05, 3.63) is 50.3 Å². The predicted octanol–water partition coefficient (Wildman–Crippen LogP) is 2.51. The average Bonchev–Trinajstić information content (AvgIpc) is 2.89. The van der Waals surface area contributed by atoms with E-state index in [0.717, 1.165) is 5.56 Å². The fourth-order valence-corrected chi connectivity index (χ4v) is 2.34. The molecular weight excluding hydrogens is 266 g/mol. The second-order valence-electron chi connectivity index (χ2n) is 4.01. The minimum Gasteiger partial charge on any atom is -0.387 e. The van der Waals surface area contributed by atoms with Crippen molar-refractivity contribution >= 4 is 22.8 Å². The van der Waals surface area contributed by atoms with Crippen molar-refractivity contribution in [3.8, 4) is 0 Å². The van der Waals surface area contributed by atoms with Crippen molar-refractivity contribution in [2.24, 2.45) is 0 Å². The van der Waals surface area contributed by atoms with Crippen molar-refractivity contribution in [3.63, 3.8) is 0 Å². The summed E-state index contributed by atoms with van der Waals surface area (Å²) in [6, 6.07) is 4.79. The molecule has 1 unspecified atom stereocenters. The third-order valence-corrected chi connectivity index (χ3v) is 3.36. The molecule has 0 amide bonds. The van der Waals surface area contributed by atoms with Gasteiger partial charge in [0.25, 0.3) is 5.69 Å². The van der Waals surface area contributed by atoms with Crippen LogP contribution in [0.4, 0.5) is 11.5 Å². The summed E-state index contributed by atoms with van der Waals surface area (Å²) in [5.41, 5.74) is 1.18. The Kier molecular flexibility index (Phi) is 4.08. The molecule has 0 aliphatic carbocycles. The van der Waals surface area contributed by atoms with Gasteiger partial charge in [-0.2, -0.15) is 11.3 Å². The van der Waals surface area contributed by atoms with Gasteiger partial charge < -0.3 is 10.4 Å². The fourth-order valence-electron chi connectivity index (χ4n) is 1.63. The quantitative estimate of drug-likeness (QED) is 0.648. The summed E-state index contributed by atoms with van der Waals surface area (Å²) < 4.78 is 0. The minimum atomic E-state index is -0.622. The number of aliphatic hydroxyl groups is 1. The van der Waals surface area contributed by atoms with E-state index in [-0.39, 0.29) is 5.69 Å². The van der Waals surface area contributed by atoms with E-state index in [1.165, 1.54) is 23.5 Å². The summed E-state index contributed by atoms with van der Waals surface area (Å²) in [5, 5.41) is 27.3. The summed E-state index contributed by atoms with van der Waals surface area (Å²) in [4.78, 5) is 14.3. The number of aliphatic hydroxyl groups excluding tert-OH is 1. The summed E-state index contributed by atoms with van der Waals surface area (Å²) in [5.74, 6) is 0.511. The van der Waals surface area contributed by atoms with Gasteiger partial charge in [-0.3, -0.25) is 10.1 Å². The summed E-state index contributed by atoms with van der Waals surface area (Å²) in [6.45, 7) is 1.89. The second-order valence-corrected chi connectivity index (χ2v) is 4.79. The van der Waals surface area contributed by atoms with Crippen molar-refractivity contribution in [2.45, 2.75) is 13.0 Å². The minimum absolute atomic E-state index is 0.0102. The molecule has 100 valence electrons. The standard InChI is InChI=1S/C12H13N3O3S/c1-8-10(15(17)18)2-3-12(14-8)13-6-11(16)9-4-5-19-7-9/h2-5,7,11,16H,6H2,1H3,(H,13,14). The Morgan fingerprint density at radius 3 is 2.89 bits per heavy atom. The van der Waals surface area contributed by atoms with Gasteiger partial charge in [-0.05, 0) is 35.4 Å². The predicted molar refractivity (Wildman–Crippen MR) is 73.4 cm³/mol. The summed E-state index contributed by atoms with van der Waals surface area (Å²) >= 11 is 1.52. The molecule has 2 rings (SSSR count). The van der Waals surface area contributed by atoms with Crippen LogP contribution in [0.1, 0.15) is 17.4 Å². The van der Waals surface area contributed by atoms with Gasteiger partial charge in [0.2, 0.25) is 0 Å². The molecule has 2 heterocycles. The lowest BCUT2D eigenvalue weighted by Crippen LogP contribution is -2.12. The first-order valence-electron chi connectivity index (χ1n) is 5.64. The molecule has 2 aromatic heterocycles. The summed E-state index contributed by atoms with van der Waals surface area (Å²) in [6.07, 6.45) is -0.622. The number of aromatic nitrogens is 1. The molecular formula is C12H13N3O3S. The first kappa shape index (κ1) is 13.4. The van der Waals surface area contributed by atoms with Crippen LogP contribution < -0.4 is 5.32 Å². The van der Waals surface area contributed by atoms with Gasteiger partial charge in [0.15, 0.2) is 0 Å². The van der Waals surface area contributed by atoms with Gasteiger partial charge >= 0.3 is 0 Å². The summed E-state index contributed by atoms with van der Waals surface area (Å²) in [7, 11) is 0. The average molecular weight is 279 g/mol. The Balaban J connectivity index is 2.00. The number of nitrogens with zero attached hydrogens (tertiary/aromatic N) is 2. The van der Waals surface area contributed by atoms with Crippen molar-refractivity contribution in [1.29, 1.82) is 0 Å². The molecule has 1 atom stereocenters. The van der Waals surface area contributed by atoms with Crippen LogP contribution in [-0.4, -0.2) is 21.6 Å². The molecule has 2 aromatic rings. The highest BCUT2D eigenvalue weighted by atomic mass is 32.1. The van der Waals surface area contributed by atoms with Gasteiger partial charge in [-0.25, -0.2) is 4.98 Å². The first-order valence-corrected chi connectivity index (χ1v) is 6.58. The zero-order chi connectivity index (χ0) is 13.8. The van der Waals surface area contributed by atoms with E-state index in [0.29, 0.717) is 18.1 Å². The first-order chi connectivity index (χ1) is 9.08. The zero-order valence-corrected chi connectivity index (χ0v) is 11.1. The van der Waals surface area contributed by atoms with E-state index in [2.05, 4.69) is 10.3 Å². The van der Waals surface area contributed by atoms with Crippen LogP contribution in [-0.2, 0) is 0 Å². The van der Waals surface area contributed by atoms with Crippen LogP contribution in [0.5, 0.6) is 0 Å². The van der Waals surface area contributed by atoms with E-state index in [9.17, 15) is 15.2 Å². The van der Waals surface area contributed by atoms with Crippen LogP contribution in [0.3, 0.4) is 0 Å². The highest BCUT2D eigenvalue weighted by Crippen LogP contribution is 2.20. The molecule has 0 fully saturated rings. The molecule has 0 aliphatic rings. The third kappa shape index (κ3) is 3.27. The third-order valence-electron chi connectivity index (χ3n) is 2.66. The van der Waals surface area contributed by atoms with E-state index in [1.807, 2.05) is 16.8 Å². The van der Waals surface area contributed by atoms with Crippen LogP contribution >= 0.6 is 11.3 Å². The number of rotatable bonds is 5. The largest absolute Gasteiger partial charge is 0.387 e. The second kappa shape index (κ2) is 5.77. The monoisotopic (exact) mass is 279 g/mol. The molecule has 2 N–H and O–H groups in total. The van der Waals surface area contributed by atoms with E-state index in [1.54, 1.807) is 6.92 Å². The number of nitro groups is 1. The maximum Gasteiger partial charge on any atom is 0.290 e. The number of anilines is 1. The molecule has 0 aromatic carbocycles. The Hall–Kier alpha value is -1.99. The van der Waals surface area contributed by atoms with Crippen LogP contribution in [0.15, 0.2) is 29.0 Å². The van der Waals surface area contributed by atoms with Gasteiger partial charge in [-0.15, -0.1) is 0 Å². The molecule has 19 heavy (non-hydrogen) atoms. The van der Waals surface area contributed by atoms with Crippen LogP contribution in [0.2, 0.25) is 0 Å². The smallest absolute Gasteiger partial charge is 0.290 e. The molecule has 6 nitrogen and oxygen atoms in total. The van der Waals surface area contributed by atoms with E-state index >= 15 is 0 Å². The molecule has 0 bridgehead atoms. The molecule has 0 spiro atoms.